The summed E-state index contributed by atoms with van der Waals surface area (Å²) in [5, 5.41) is 1.22. The Hall–Kier alpha value is -0.760. The average molecular weight is 304 g/mol. The van der Waals surface area contributed by atoms with Gasteiger partial charge in [0.05, 0.1) is 11.1 Å². The third-order valence-corrected chi connectivity index (χ3v) is 5.22. The average Bonchev–Trinajstić information content (AvgIpc) is 2.73. The summed E-state index contributed by atoms with van der Waals surface area (Å²) >= 11 is 1.88. The summed E-state index contributed by atoms with van der Waals surface area (Å²) in [5.41, 5.74) is 6.11. The van der Waals surface area contributed by atoms with Crippen LogP contribution in [0.1, 0.15) is 76.8 Å². The van der Waals surface area contributed by atoms with Crippen LogP contribution in [-0.2, 0) is 10.8 Å². The van der Waals surface area contributed by atoms with E-state index in [0.717, 1.165) is 5.75 Å². The van der Waals surface area contributed by atoms with Crippen LogP contribution in [0.3, 0.4) is 0 Å². The van der Waals surface area contributed by atoms with Crippen LogP contribution in [0.15, 0.2) is 17.1 Å². The molecular formula is C19H29NS. The molecule has 116 valence electrons. The van der Waals surface area contributed by atoms with Gasteiger partial charge < -0.3 is 0 Å². The van der Waals surface area contributed by atoms with Crippen LogP contribution >= 0.6 is 11.8 Å². The summed E-state index contributed by atoms with van der Waals surface area (Å²) in [6.07, 6.45) is 0. The van der Waals surface area contributed by atoms with Crippen LogP contribution in [0.25, 0.3) is 0 Å². The normalized spacial score (nSPS) is 19.8. The monoisotopic (exact) mass is 303 g/mol. The van der Waals surface area contributed by atoms with E-state index in [9.17, 15) is 0 Å². The Morgan fingerprint density at radius 3 is 1.76 bits per heavy atom. The minimum absolute atomic E-state index is 0.171. The zero-order valence-corrected chi connectivity index (χ0v) is 15.6. The lowest BCUT2D eigenvalue weighted by atomic mass is 9.75. The Bertz CT molecular complexity index is 535. The highest BCUT2D eigenvalue weighted by Gasteiger charge is 2.27. The van der Waals surface area contributed by atoms with Gasteiger partial charge in [0, 0.05) is 5.75 Å². The maximum Gasteiger partial charge on any atom is 0.0852 e. The number of rotatable bonds is 1. The molecule has 0 N–H and O–H groups in total. The van der Waals surface area contributed by atoms with Gasteiger partial charge in [-0.15, -0.1) is 11.8 Å². The van der Waals surface area contributed by atoms with E-state index in [0.29, 0.717) is 6.04 Å². The molecule has 0 aliphatic carbocycles. The van der Waals surface area contributed by atoms with Gasteiger partial charge in [0.15, 0.2) is 0 Å². The number of benzene rings is 1. The van der Waals surface area contributed by atoms with E-state index in [1.165, 1.54) is 27.3 Å². The molecule has 2 rings (SSSR count). The van der Waals surface area contributed by atoms with Gasteiger partial charge in [0.25, 0.3) is 0 Å². The molecular weight excluding hydrogens is 274 g/mol. The first kappa shape index (κ1) is 16.6. The highest BCUT2D eigenvalue weighted by molar-refractivity contribution is 8.14. The maximum absolute atomic E-state index is 4.81. The number of thioether (sulfide) groups is 1. The van der Waals surface area contributed by atoms with Crippen molar-refractivity contribution < 1.29 is 0 Å². The predicted octanol–water partition coefficient (Wildman–Crippen LogP) is 5.80. The zero-order chi connectivity index (χ0) is 16.0. The fourth-order valence-corrected chi connectivity index (χ4v) is 4.02. The first-order valence-electron chi connectivity index (χ1n) is 7.83. The molecule has 0 aromatic heterocycles. The van der Waals surface area contributed by atoms with E-state index in [2.05, 4.69) is 67.5 Å². The fourth-order valence-electron chi connectivity index (χ4n) is 3.15. The Morgan fingerprint density at radius 2 is 1.43 bits per heavy atom. The standard InChI is InChI=1S/C19H29NS/c1-12-15(18(3,4)5)9-14(10-16(12)19(6,7)8)17-11-21-13(2)20-17/h9-10,17H,11H2,1-8H3. The molecule has 1 heterocycles. The minimum Gasteiger partial charge on any atom is -0.274 e. The lowest BCUT2D eigenvalue weighted by molar-refractivity contribution is 0.558. The van der Waals surface area contributed by atoms with E-state index in [-0.39, 0.29) is 10.8 Å². The summed E-state index contributed by atoms with van der Waals surface area (Å²) in [6.45, 7) is 18.3. The highest BCUT2D eigenvalue weighted by Crippen LogP contribution is 2.38. The number of hydrogen-bond donors (Lipinski definition) is 0. The van der Waals surface area contributed by atoms with Crippen LogP contribution in [0.4, 0.5) is 0 Å². The lowest BCUT2D eigenvalue weighted by Gasteiger charge is -2.30. The topological polar surface area (TPSA) is 12.4 Å². The largest absolute Gasteiger partial charge is 0.274 e. The van der Waals surface area contributed by atoms with Crippen molar-refractivity contribution in [3.63, 3.8) is 0 Å². The van der Waals surface area contributed by atoms with Crippen molar-refractivity contribution in [2.24, 2.45) is 4.99 Å². The van der Waals surface area contributed by atoms with Gasteiger partial charge >= 0.3 is 0 Å². The first-order valence-corrected chi connectivity index (χ1v) is 8.81. The second-order valence-electron chi connectivity index (χ2n) is 8.22. The summed E-state index contributed by atoms with van der Waals surface area (Å²) in [5.74, 6) is 1.09. The molecule has 1 aromatic rings. The maximum atomic E-state index is 4.81. The summed E-state index contributed by atoms with van der Waals surface area (Å²) in [4.78, 5) is 4.81. The minimum atomic E-state index is 0.171. The van der Waals surface area contributed by atoms with Crippen molar-refractivity contribution in [3.8, 4) is 0 Å². The van der Waals surface area contributed by atoms with Gasteiger partial charge in [0.1, 0.15) is 0 Å². The van der Waals surface area contributed by atoms with Crippen LogP contribution < -0.4 is 0 Å². The number of nitrogens with zero attached hydrogens (tertiary/aromatic N) is 1. The molecule has 0 saturated heterocycles. The van der Waals surface area contributed by atoms with Crippen LogP contribution in [0, 0.1) is 6.92 Å². The van der Waals surface area contributed by atoms with Gasteiger partial charge in [-0.1, -0.05) is 53.7 Å². The molecule has 0 bridgehead atoms. The Kier molecular flexibility index (Phi) is 4.32. The van der Waals surface area contributed by atoms with Gasteiger partial charge in [-0.2, -0.15) is 0 Å². The van der Waals surface area contributed by atoms with Crippen molar-refractivity contribution in [1.29, 1.82) is 0 Å². The van der Waals surface area contributed by atoms with Crippen molar-refractivity contribution in [3.05, 3.63) is 34.4 Å². The fraction of sp³-hybridized carbons (Fsp3) is 0.632. The number of aliphatic imine (C=N–C) groups is 1. The molecule has 0 saturated carbocycles. The Balaban J connectivity index is 2.63. The summed E-state index contributed by atoms with van der Waals surface area (Å²) < 4.78 is 0. The van der Waals surface area contributed by atoms with Crippen molar-refractivity contribution in [1.82, 2.24) is 0 Å². The van der Waals surface area contributed by atoms with Crippen LogP contribution in [0.5, 0.6) is 0 Å². The second-order valence-corrected chi connectivity index (χ2v) is 9.43. The van der Waals surface area contributed by atoms with E-state index in [4.69, 9.17) is 4.99 Å². The van der Waals surface area contributed by atoms with E-state index in [1.807, 2.05) is 11.8 Å². The van der Waals surface area contributed by atoms with Crippen molar-refractivity contribution in [2.75, 3.05) is 5.75 Å². The molecule has 0 amide bonds. The van der Waals surface area contributed by atoms with E-state index >= 15 is 0 Å². The molecule has 0 fully saturated rings. The molecule has 1 aliphatic heterocycles. The lowest BCUT2D eigenvalue weighted by Crippen LogP contribution is -2.20. The van der Waals surface area contributed by atoms with Gasteiger partial charge in [-0.25, -0.2) is 0 Å². The van der Waals surface area contributed by atoms with Crippen molar-refractivity contribution >= 4 is 16.8 Å². The molecule has 0 radical (unpaired) electrons. The molecule has 2 heteroatoms. The second kappa shape index (κ2) is 5.46. The van der Waals surface area contributed by atoms with Gasteiger partial charge in [0.2, 0.25) is 0 Å². The van der Waals surface area contributed by atoms with Crippen LogP contribution in [0.2, 0.25) is 0 Å². The van der Waals surface area contributed by atoms with Crippen molar-refractivity contribution in [2.45, 2.75) is 72.3 Å². The molecule has 1 unspecified atom stereocenters. The predicted molar refractivity (Wildman–Crippen MR) is 96.9 cm³/mol. The Labute approximate surface area is 134 Å². The van der Waals surface area contributed by atoms with Gasteiger partial charge in [-0.3, -0.25) is 4.99 Å². The molecule has 1 aromatic carbocycles. The molecule has 1 aliphatic rings. The first-order chi connectivity index (χ1) is 9.50. The molecule has 1 atom stereocenters. The molecule has 21 heavy (non-hydrogen) atoms. The Morgan fingerprint density at radius 1 is 0.952 bits per heavy atom. The highest BCUT2D eigenvalue weighted by atomic mass is 32.2. The molecule has 0 spiro atoms. The van der Waals surface area contributed by atoms with Gasteiger partial charge in [-0.05, 0) is 46.9 Å². The quantitative estimate of drug-likeness (QED) is 0.639. The SMILES string of the molecule is CC1=NC(c2cc(C(C)(C)C)c(C)c(C(C)(C)C)c2)CS1. The summed E-state index contributed by atoms with van der Waals surface area (Å²) in [7, 11) is 0. The van der Waals surface area contributed by atoms with E-state index < -0.39 is 0 Å². The third-order valence-electron chi connectivity index (χ3n) is 4.22. The van der Waals surface area contributed by atoms with Crippen LogP contribution in [-0.4, -0.2) is 10.8 Å². The molecule has 1 nitrogen and oxygen atoms in total. The summed E-state index contributed by atoms with van der Waals surface area (Å²) in [6, 6.07) is 5.13. The smallest absolute Gasteiger partial charge is 0.0852 e. The zero-order valence-electron chi connectivity index (χ0n) is 14.8. The van der Waals surface area contributed by atoms with E-state index in [1.54, 1.807) is 0 Å². The number of hydrogen-bond acceptors (Lipinski definition) is 2. The third kappa shape index (κ3) is 3.53.